The summed E-state index contributed by atoms with van der Waals surface area (Å²) in [5.74, 6) is -0.786. The summed E-state index contributed by atoms with van der Waals surface area (Å²) in [4.78, 5) is 27.2. The van der Waals surface area contributed by atoms with Crippen LogP contribution in [-0.4, -0.2) is 53.7 Å². The van der Waals surface area contributed by atoms with Gasteiger partial charge in [0.25, 0.3) is 11.7 Å². The zero-order valence-corrected chi connectivity index (χ0v) is 18.8. The molecule has 1 saturated heterocycles. The number of carbonyl (C=O) groups is 2. The van der Waals surface area contributed by atoms with E-state index in [1.807, 2.05) is 20.8 Å². The third-order valence-electron chi connectivity index (χ3n) is 5.49. The third kappa shape index (κ3) is 4.48. The van der Waals surface area contributed by atoms with Gasteiger partial charge >= 0.3 is 0 Å². The summed E-state index contributed by atoms with van der Waals surface area (Å²) >= 11 is 0. The zero-order chi connectivity index (χ0) is 23.4. The number of hydrogen-bond acceptors (Lipinski definition) is 6. The van der Waals surface area contributed by atoms with Gasteiger partial charge in [0.15, 0.2) is 0 Å². The lowest BCUT2D eigenvalue weighted by molar-refractivity contribution is -0.140. The van der Waals surface area contributed by atoms with Crippen molar-refractivity contribution in [2.45, 2.75) is 32.7 Å². The van der Waals surface area contributed by atoms with Gasteiger partial charge in [0.2, 0.25) is 0 Å². The molecule has 170 valence electrons. The molecule has 2 N–H and O–H groups in total. The van der Waals surface area contributed by atoms with Crippen LogP contribution in [0.1, 0.15) is 49.4 Å². The van der Waals surface area contributed by atoms with Gasteiger partial charge in [-0.05, 0) is 54.3 Å². The summed E-state index contributed by atoms with van der Waals surface area (Å²) in [6.45, 7) is 6.86. The van der Waals surface area contributed by atoms with Gasteiger partial charge in [-0.3, -0.25) is 9.59 Å². The summed E-state index contributed by atoms with van der Waals surface area (Å²) in [5, 5.41) is 20.9. The highest BCUT2D eigenvalue weighted by Crippen LogP contribution is 2.40. The number of amides is 1. The van der Waals surface area contributed by atoms with Crippen molar-refractivity contribution in [2.24, 2.45) is 0 Å². The Morgan fingerprint density at radius 3 is 2.41 bits per heavy atom. The minimum atomic E-state index is -0.792. The average molecular weight is 440 g/mol. The van der Waals surface area contributed by atoms with Crippen LogP contribution in [0.5, 0.6) is 11.5 Å². The molecular formula is C25H29NO6. The topological polar surface area (TPSA) is 96.3 Å². The van der Waals surface area contributed by atoms with Crippen molar-refractivity contribution in [3.63, 3.8) is 0 Å². The first-order chi connectivity index (χ1) is 15.3. The van der Waals surface area contributed by atoms with Crippen LogP contribution in [0.3, 0.4) is 0 Å². The molecule has 7 heteroatoms. The Labute approximate surface area is 187 Å². The number of ether oxygens (including phenoxy) is 2. The lowest BCUT2D eigenvalue weighted by atomic mass is 9.93. The fraction of sp³-hybridized carbons (Fsp3) is 0.360. The van der Waals surface area contributed by atoms with Gasteiger partial charge in [-0.25, -0.2) is 0 Å². The molecule has 1 fully saturated rings. The summed E-state index contributed by atoms with van der Waals surface area (Å²) < 4.78 is 10.8. The molecule has 1 unspecified atom stereocenters. The van der Waals surface area contributed by atoms with Crippen LogP contribution in [0, 0.1) is 0 Å². The maximum atomic E-state index is 13.0. The predicted molar refractivity (Wildman–Crippen MR) is 121 cm³/mol. The fourth-order valence-electron chi connectivity index (χ4n) is 3.89. The molecule has 3 rings (SSSR count). The van der Waals surface area contributed by atoms with Crippen LogP contribution in [0.15, 0.2) is 48.0 Å². The molecule has 1 aliphatic heterocycles. The van der Waals surface area contributed by atoms with Crippen molar-refractivity contribution in [3.8, 4) is 11.5 Å². The number of phenolic OH excluding ortho intramolecular Hbond substituents is 1. The molecule has 0 spiro atoms. The Kier molecular flexibility index (Phi) is 7.20. The Bertz CT molecular complexity index is 1030. The van der Waals surface area contributed by atoms with Crippen molar-refractivity contribution < 1.29 is 29.3 Å². The molecule has 1 heterocycles. The van der Waals surface area contributed by atoms with Gasteiger partial charge in [-0.2, -0.15) is 0 Å². The summed E-state index contributed by atoms with van der Waals surface area (Å²) in [6, 6.07) is 10.7. The number of aliphatic hydroxyl groups is 1. The maximum Gasteiger partial charge on any atom is 0.295 e. The molecule has 0 aromatic heterocycles. The minimum Gasteiger partial charge on any atom is -0.508 e. The number of methoxy groups -OCH3 is 1. The highest BCUT2D eigenvalue weighted by Gasteiger charge is 2.45. The van der Waals surface area contributed by atoms with E-state index in [9.17, 15) is 19.8 Å². The quantitative estimate of drug-likeness (QED) is 0.367. The first kappa shape index (κ1) is 23.3. The number of hydrogen-bond donors (Lipinski definition) is 2. The van der Waals surface area contributed by atoms with Gasteiger partial charge in [0.1, 0.15) is 17.3 Å². The number of phenols is 1. The zero-order valence-electron chi connectivity index (χ0n) is 18.8. The average Bonchev–Trinajstić information content (AvgIpc) is 3.02. The predicted octanol–water partition coefficient (Wildman–Crippen LogP) is 3.98. The number of nitrogens with zero attached hydrogens (tertiary/aromatic N) is 1. The van der Waals surface area contributed by atoms with Crippen LogP contribution < -0.4 is 4.74 Å². The lowest BCUT2D eigenvalue weighted by Gasteiger charge is -2.25. The number of benzene rings is 2. The van der Waals surface area contributed by atoms with Gasteiger partial charge < -0.3 is 24.6 Å². The standard InChI is InChI=1S/C25H29NO6/c1-5-32-20-11-8-17(14-19(20)15(2)3)23(28)21-22(16-6-9-18(27)10-7-16)26(12-13-31-4)25(30)24(21)29/h6-11,14-15,22,27-28H,5,12-13H2,1-4H3/b23-21-. The van der Waals surface area contributed by atoms with E-state index < -0.39 is 17.7 Å². The Morgan fingerprint density at radius 1 is 1.12 bits per heavy atom. The molecule has 2 aromatic rings. The van der Waals surface area contributed by atoms with Crippen LogP contribution in [-0.2, 0) is 14.3 Å². The molecule has 7 nitrogen and oxygen atoms in total. The Balaban J connectivity index is 2.16. The minimum absolute atomic E-state index is 0.00987. The van der Waals surface area contributed by atoms with E-state index in [4.69, 9.17) is 9.47 Å². The fourth-order valence-corrected chi connectivity index (χ4v) is 3.89. The van der Waals surface area contributed by atoms with Gasteiger partial charge in [0, 0.05) is 19.2 Å². The van der Waals surface area contributed by atoms with E-state index >= 15 is 0 Å². The van der Waals surface area contributed by atoms with E-state index in [1.54, 1.807) is 30.3 Å². The number of Topliss-reactive ketones (excluding diaryl/α,β-unsaturated/α-hetero) is 1. The van der Waals surface area contributed by atoms with Crippen LogP contribution >= 0.6 is 0 Å². The monoisotopic (exact) mass is 439 g/mol. The maximum absolute atomic E-state index is 13.0. The highest BCUT2D eigenvalue weighted by atomic mass is 16.5. The number of aliphatic hydroxyl groups excluding tert-OH is 1. The summed E-state index contributed by atoms with van der Waals surface area (Å²) in [7, 11) is 1.51. The Hall–Kier alpha value is -3.32. The number of rotatable bonds is 8. The van der Waals surface area contributed by atoms with Crippen LogP contribution in [0.2, 0.25) is 0 Å². The van der Waals surface area contributed by atoms with E-state index in [1.165, 1.54) is 24.1 Å². The number of carbonyl (C=O) groups excluding carboxylic acids is 2. The number of likely N-dealkylation sites (tertiary alicyclic amines) is 1. The molecule has 2 aromatic carbocycles. The van der Waals surface area contributed by atoms with Crippen molar-refractivity contribution in [2.75, 3.05) is 26.9 Å². The van der Waals surface area contributed by atoms with Crippen molar-refractivity contribution in [3.05, 3.63) is 64.7 Å². The Morgan fingerprint density at radius 2 is 1.81 bits per heavy atom. The smallest absolute Gasteiger partial charge is 0.295 e. The van der Waals surface area contributed by atoms with E-state index in [2.05, 4.69) is 0 Å². The second-order valence-corrected chi connectivity index (χ2v) is 7.92. The van der Waals surface area contributed by atoms with Crippen LogP contribution in [0.4, 0.5) is 0 Å². The molecule has 0 aliphatic carbocycles. The molecular weight excluding hydrogens is 410 g/mol. The molecule has 32 heavy (non-hydrogen) atoms. The molecule has 0 bridgehead atoms. The highest BCUT2D eigenvalue weighted by molar-refractivity contribution is 6.46. The molecule has 0 saturated carbocycles. The second-order valence-electron chi connectivity index (χ2n) is 7.92. The summed E-state index contributed by atoms with van der Waals surface area (Å²) in [5.41, 5.74) is 1.95. The second kappa shape index (κ2) is 9.87. The van der Waals surface area contributed by atoms with Gasteiger partial charge in [0.05, 0.1) is 24.8 Å². The molecule has 1 atom stereocenters. The lowest BCUT2D eigenvalue weighted by Crippen LogP contribution is -2.32. The normalized spacial score (nSPS) is 17.9. The van der Waals surface area contributed by atoms with Crippen LogP contribution in [0.25, 0.3) is 5.76 Å². The van der Waals surface area contributed by atoms with E-state index in [0.29, 0.717) is 17.7 Å². The third-order valence-corrected chi connectivity index (χ3v) is 5.49. The largest absolute Gasteiger partial charge is 0.508 e. The van der Waals surface area contributed by atoms with Crippen molar-refractivity contribution in [1.29, 1.82) is 0 Å². The SMILES string of the molecule is CCOc1ccc(/C(O)=C2/C(=O)C(=O)N(CCOC)C2c2ccc(O)cc2)cc1C(C)C. The summed E-state index contributed by atoms with van der Waals surface area (Å²) in [6.07, 6.45) is 0. The van der Waals surface area contributed by atoms with E-state index in [-0.39, 0.29) is 36.2 Å². The first-order valence-electron chi connectivity index (χ1n) is 10.6. The molecule has 1 amide bonds. The number of aromatic hydroxyl groups is 1. The van der Waals surface area contributed by atoms with E-state index in [0.717, 1.165) is 11.3 Å². The van der Waals surface area contributed by atoms with Gasteiger partial charge in [-0.1, -0.05) is 26.0 Å². The first-order valence-corrected chi connectivity index (χ1v) is 10.6. The molecule has 0 radical (unpaired) electrons. The van der Waals surface area contributed by atoms with Gasteiger partial charge in [-0.15, -0.1) is 0 Å². The molecule has 1 aliphatic rings. The van der Waals surface area contributed by atoms with Crippen molar-refractivity contribution >= 4 is 17.4 Å². The number of ketones is 1. The van der Waals surface area contributed by atoms with Crippen molar-refractivity contribution in [1.82, 2.24) is 4.90 Å².